The van der Waals surface area contributed by atoms with E-state index in [9.17, 15) is 9.59 Å². The first-order valence-corrected chi connectivity index (χ1v) is 3.28. The van der Waals surface area contributed by atoms with Crippen LogP contribution < -0.4 is 5.43 Å². The van der Waals surface area contributed by atoms with Gasteiger partial charge in [-0.05, 0) is 6.08 Å². The van der Waals surface area contributed by atoms with E-state index in [1.54, 1.807) is 0 Å². The molecule has 0 aliphatic rings. The van der Waals surface area contributed by atoms with E-state index in [1.165, 1.54) is 24.5 Å². The van der Waals surface area contributed by atoms with Gasteiger partial charge in [-0.2, -0.15) is 0 Å². The minimum absolute atomic E-state index is 0.203. The first-order chi connectivity index (χ1) is 5.70. The van der Waals surface area contributed by atoms with Crippen LogP contribution in [0.5, 0.6) is 0 Å². The third-order valence-electron chi connectivity index (χ3n) is 1.26. The van der Waals surface area contributed by atoms with Gasteiger partial charge in [-0.1, -0.05) is 0 Å². The predicted octanol–water partition coefficient (Wildman–Crippen LogP) is 0.473. The van der Waals surface area contributed by atoms with Gasteiger partial charge in [0.25, 0.3) is 0 Å². The molecule has 0 aromatic carbocycles. The van der Waals surface area contributed by atoms with Gasteiger partial charge in [0, 0.05) is 30.1 Å². The lowest BCUT2D eigenvalue weighted by Crippen LogP contribution is -2.02. The molecule has 4 nitrogen and oxygen atoms in total. The third kappa shape index (κ3) is 2.09. The Morgan fingerprint density at radius 3 is 2.92 bits per heavy atom. The van der Waals surface area contributed by atoms with Crippen molar-refractivity contribution in [2.45, 2.75) is 0 Å². The van der Waals surface area contributed by atoms with E-state index < -0.39 is 5.97 Å². The molecule has 4 heteroatoms. The number of carboxylic acid groups (broad SMARTS) is 1. The summed E-state index contributed by atoms with van der Waals surface area (Å²) < 4.78 is 0. The first-order valence-electron chi connectivity index (χ1n) is 3.28. The van der Waals surface area contributed by atoms with Gasteiger partial charge in [0.1, 0.15) is 0 Å². The van der Waals surface area contributed by atoms with E-state index >= 15 is 0 Å². The molecular formula is C8H7NO3. The molecule has 0 spiro atoms. The summed E-state index contributed by atoms with van der Waals surface area (Å²) in [5, 5.41) is 8.27. The van der Waals surface area contributed by atoms with Crippen LogP contribution in [0.3, 0.4) is 0 Å². The minimum Gasteiger partial charge on any atom is -0.478 e. The maximum atomic E-state index is 11.0. The van der Waals surface area contributed by atoms with Gasteiger partial charge in [0.15, 0.2) is 5.43 Å². The van der Waals surface area contributed by atoms with Gasteiger partial charge in [-0.25, -0.2) is 4.79 Å². The maximum Gasteiger partial charge on any atom is 0.328 e. The van der Waals surface area contributed by atoms with Crippen molar-refractivity contribution in [1.82, 2.24) is 4.98 Å². The van der Waals surface area contributed by atoms with Crippen molar-refractivity contribution in [1.29, 1.82) is 0 Å². The SMILES string of the molecule is O=C(O)C=Cc1c[nH]ccc1=O. The molecule has 1 heterocycles. The van der Waals surface area contributed by atoms with Crippen molar-refractivity contribution in [3.05, 3.63) is 40.3 Å². The summed E-state index contributed by atoms with van der Waals surface area (Å²) in [5.41, 5.74) is 0.131. The van der Waals surface area contributed by atoms with E-state index in [0.29, 0.717) is 5.56 Å². The fourth-order valence-corrected chi connectivity index (χ4v) is 0.720. The smallest absolute Gasteiger partial charge is 0.328 e. The fraction of sp³-hybridized carbons (Fsp3) is 0. The zero-order valence-corrected chi connectivity index (χ0v) is 6.15. The molecule has 12 heavy (non-hydrogen) atoms. The molecule has 62 valence electrons. The Kier molecular flexibility index (Phi) is 2.42. The van der Waals surface area contributed by atoms with E-state index in [2.05, 4.69) is 4.98 Å². The second kappa shape index (κ2) is 3.52. The number of carboxylic acids is 1. The number of hydrogen-bond donors (Lipinski definition) is 2. The number of hydrogen-bond acceptors (Lipinski definition) is 2. The molecule has 1 rings (SSSR count). The topological polar surface area (TPSA) is 70.2 Å². The second-order valence-corrected chi connectivity index (χ2v) is 2.14. The van der Waals surface area contributed by atoms with Crippen molar-refractivity contribution >= 4 is 12.0 Å². The van der Waals surface area contributed by atoms with Gasteiger partial charge in [-0.15, -0.1) is 0 Å². The Morgan fingerprint density at radius 1 is 1.58 bits per heavy atom. The highest BCUT2D eigenvalue weighted by molar-refractivity contribution is 5.85. The van der Waals surface area contributed by atoms with Crippen LogP contribution >= 0.6 is 0 Å². The van der Waals surface area contributed by atoms with Crippen molar-refractivity contribution in [2.24, 2.45) is 0 Å². The second-order valence-electron chi connectivity index (χ2n) is 2.14. The molecule has 0 atom stereocenters. The summed E-state index contributed by atoms with van der Waals surface area (Å²) in [6, 6.07) is 1.33. The van der Waals surface area contributed by atoms with Crippen LogP contribution in [0.2, 0.25) is 0 Å². The van der Waals surface area contributed by atoms with Gasteiger partial charge < -0.3 is 10.1 Å². The maximum absolute atomic E-state index is 11.0. The predicted molar refractivity (Wildman–Crippen MR) is 43.7 cm³/mol. The average Bonchev–Trinajstić information content (AvgIpc) is 2.03. The molecule has 0 fully saturated rings. The van der Waals surface area contributed by atoms with Crippen LogP contribution in [0.4, 0.5) is 0 Å². The summed E-state index contributed by atoms with van der Waals surface area (Å²) in [4.78, 5) is 23.7. The molecule has 0 bridgehead atoms. The summed E-state index contributed by atoms with van der Waals surface area (Å²) >= 11 is 0. The number of aromatic nitrogens is 1. The zero-order valence-electron chi connectivity index (χ0n) is 6.15. The standard InChI is InChI=1S/C8H7NO3/c10-7-3-4-9-5-6(7)1-2-8(11)12/h1-5H,(H,9,10)(H,11,12). The molecule has 2 N–H and O–H groups in total. The molecule has 1 aromatic heterocycles. The van der Waals surface area contributed by atoms with Crippen LogP contribution in [0.15, 0.2) is 29.3 Å². The minimum atomic E-state index is -1.07. The lowest BCUT2D eigenvalue weighted by Gasteiger charge is -1.88. The number of aromatic amines is 1. The average molecular weight is 165 g/mol. The van der Waals surface area contributed by atoms with Crippen molar-refractivity contribution in [3.63, 3.8) is 0 Å². The first kappa shape index (κ1) is 8.26. The molecule has 0 unspecified atom stereocenters. The van der Waals surface area contributed by atoms with Gasteiger partial charge in [0.05, 0.1) is 0 Å². The van der Waals surface area contributed by atoms with Gasteiger partial charge in [-0.3, -0.25) is 4.79 Å². The summed E-state index contributed by atoms with van der Waals surface area (Å²) in [6.07, 6.45) is 5.11. The van der Waals surface area contributed by atoms with Crippen LogP contribution in [0, 0.1) is 0 Å². The molecule has 0 radical (unpaired) electrons. The molecule has 0 saturated carbocycles. The highest BCUT2D eigenvalue weighted by Gasteiger charge is 1.92. The van der Waals surface area contributed by atoms with E-state index in [-0.39, 0.29) is 5.43 Å². The normalized spacial score (nSPS) is 10.3. The Balaban J connectivity index is 2.97. The van der Waals surface area contributed by atoms with Crippen LogP contribution in [0.1, 0.15) is 5.56 Å². The number of nitrogens with one attached hydrogen (secondary N) is 1. The number of pyridine rings is 1. The van der Waals surface area contributed by atoms with Crippen molar-refractivity contribution in [2.75, 3.05) is 0 Å². The van der Waals surface area contributed by atoms with Crippen molar-refractivity contribution < 1.29 is 9.90 Å². The summed E-state index contributed by atoms with van der Waals surface area (Å²) in [7, 11) is 0. The largest absolute Gasteiger partial charge is 0.478 e. The molecular weight excluding hydrogens is 158 g/mol. The van der Waals surface area contributed by atoms with Crippen LogP contribution in [0.25, 0.3) is 6.08 Å². The quantitative estimate of drug-likeness (QED) is 0.626. The third-order valence-corrected chi connectivity index (χ3v) is 1.26. The Morgan fingerprint density at radius 2 is 2.33 bits per heavy atom. The number of carbonyl (C=O) groups is 1. The molecule has 0 amide bonds. The lowest BCUT2D eigenvalue weighted by atomic mass is 10.2. The molecule has 0 saturated heterocycles. The van der Waals surface area contributed by atoms with Gasteiger partial charge >= 0.3 is 5.97 Å². The number of H-pyrrole nitrogens is 1. The summed E-state index contributed by atoms with van der Waals surface area (Å²) in [6.45, 7) is 0. The van der Waals surface area contributed by atoms with Crippen LogP contribution in [-0.4, -0.2) is 16.1 Å². The highest BCUT2D eigenvalue weighted by Crippen LogP contribution is 1.90. The van der Waals surface area contributed by atoms with E-state index in [1.807, 2.05) is 0 Å². The van der Waals surface area contributed by atoms with Crippen molar-refractivity contribution in [3.8, 4) is 0 Å². The fourth-order valence-electron chi connectivity index (χ4n) is 0.720. The Hall–Kier alpha value is -1.84. The monoisotopic (exact) mass is 165 g/mol. The van der Waals surface area contributed by atoms with Crippen LogP contribution in [-0.2, 0) is 4.79 Å². The lowest BCUT2D eigenvalue weighted by molar-refractivity contribution is -0.131. The Labute approximate surface area is 68.2 Å². The van der Waals surface area contributed by atoms with Gasteiger partial charge in [0.2, 0.25) is 0 Å². The van der Waals surface area contributed by atoms with E-state index in [4.69, 9.17) is 5.11 Å². The molecule has 0 aliphatic carbocycles. The zero-order chi connectivity index (χ0) is 8.97. The number of aliphatic carboxylic acids is 1. The number of rotatable bonds is 2. The summed E-state index contributed by atoms with van der Waals surface area (Å²) in [5.74, 6) is -1.07. The Bertz CT molecular complexity index is 365. The molecule has 1 aromatic rings. The molecule has 0 aliphatic heterocycles. The highest BCUT2D eigenvalue weighted by atomic mass is 16.4. The van der Waals surface area contributed by atoms with E-state index in [0.717, 1.165) is 6.08 Å².